The molecule has 2 fully saturated rings. The van der Waals surface area contributed by atoms with Crippen LogP contribution in [0.4, 0.5) is 13.2 Å². The van der Waals surface area contributed by atoms with Crippen molar-refractivity contribution in [2.75, 3.05) is 32.7 Å². The third kappa shape index (κ3) is 9.00. The average Bonchev–Trinajstić information content (AvgIpc) is 3.79. The molecule has 0 bridgehead atoms. The van der Waals surface area contributed by atoms with Gasteiger partial charge in [-0.25, -0.2) is 4.98 Å². The van der Waals surface area contributed by atoms with Crippen LogP contribution in [0, 0.1) is 12.8 Å². The second kappa shape index (κ2) is 16.6. The molecule has 4 heterocycles. The number of piperazine rings is 1. The number of β-amino-alcohol motifs (C(OH)–C–C–N with tert-alkyl or cyclic N) is 1. The highest BCUT2D eigenvalue weighted by molar-refractivity contribution is 5.82. The van der Waals surface area contributed by atoms with Crippen molar-refractivity contribution in [3.8, 4) is 11.3 Å². The number of aliphatic hydroxyl groups is 1. The molecule has 0 spiro atoms. The zero-order valence-corrected chi connectivity index (χ0v) is 33.7. The summed E-state index contributed by atoms with van der Waals surface area (Å²) >= 11 is 0. The van der Waals surface area contributed by atoms with E-state index in [2.05, 4.69) is 27.4 Å². The largest absolute Gasteiger partial charge is 0.439 e. The molecule has 2 saturated heterocycles. The summed E-state index contributed by atoms with van der Waals surface area (Å²) in [5, 5.41) is 13.9. The van der Waals surface area contributed by atoms with Gasteiger partial charge in [0, 0.05) is 50.1 Å². The molecule has 2 amide bonds. The number of carbonyl (C=O) groups is 2. The Hall–Kier alpha value is -4.63. The fourth-order valence-electron chi connectivity index (χ4n) is 8.96. The van der Waals surface area contributed by atoms with Gasteiger partial charge in [0.2, 0.25) is 17.7 Å². The normalized spacial score (nSPS) is 22.2. The topological polar surface area (TPSA) is 124 Å². The van der Waals surface area contributed by atoms with Crippen molar-refractivity contribution in [2.24, 2.45) is 5.92 Å². The number of carbonyl (C=O) groups excluding carboxylic acids is 2. The first-order valence-electron chi connectivity index (χ1n) is 20.0. The number of rotatable bonds is 12. The maximum absolute atomic E-state index is 14.9. The molecular weight excluding hydrogens is 750 g/mol. The molecule has 0 saturated carbocycles. The van der Waals surface area contributed by atoms with Crippen molar-refractivity contribution in [1.29, 1.82) is 0 Å². The molecular formula is C44H53F3N6O5. The third-order valence-corrected chi connectivity index (χ3v) is 11.9. The highest BCUT2D eigenvalue weighted by Crippen LogP contribution is 2.48. The van der Waals surface area contributed by atoms with Crippen molar-refractivity contribution < 1.29 is 37.0 Å². The van der Waals surface area contributed by atoms with E-state index in [1.807, 2.05) is 92.9 Å². The fraction of sp³-hybridized carbons (Fsp3) is 0.500. The number of alkyl halides is 3. The summed E-state index contributed by atoms with van der Waals surface area (Å²) < 4.78 is 52.8. The summed E-state index contributed by atoms with van der Waals surface area (Å²) in [5.74, 6) is -0.708. The maximum Gasteiger partial charge on any atom is 0.405 e. The lowest BCUT2D eigenvalue weighted by atomic mass is 9.84. The van der Waals surface area contributed by atoms with E-state index in [9.17, 15) is 27.9 Å². The summed E-state index contributed by atoms with van der Waals surface area (Å²) in [6, 6.07) is 18.4. The van der Waals surface area contributed by atoms with Crippen LogP contribution in [0.5, 0.6) is 0 Å². The number of amides is 2. The molecule has 2 aromatic carbocycles. The summed E-state index contributed by atoms with van der Waals surface area (Å²) in [6.45, 7) is 8.71. The van der Waals surface area contributed by atoms with Gasteiger partial charge in [-0.05, 0) is 88.6 Å². The zero-order valence-electron chi connectivity index (χ0n) is 33.7. The molecule has 2 N–H and O–H groups in total. The highest BCUT2D eigenvalue weighted by Gasteiger charge is 2.53. The fourth-order valence-corrected chi connectivity index (χ4v) is 8.96. The Morgan fingerprint density at radius 2 is 1.78 bits per heavy atom. The Kier molecular flexibility index (Phi) is 11.9. The number of aryl methyl sites for hydroxylation is 2. The van der Waals surface area contributed by atoms with Crippen LogP contribution in [0.2, 0.25) is 0 Å². The number of oxazole rings is 1. The van der Waals surface area contributed by atoms with Crippen LogP contribution in [0.25, 0.3) is 11.3 Å². The van der Waals surface area contributed by atoms with E-state index in [4.69, 9.17) is 9.15 Å². The number of nitrogens with zero attached hydrogens (tertiary/aromatic N) is 5. The van der Waals surface area contributed by atoms with Crippen LogP contribution in [0.1, 0.15) is 74.7 Å². The van der Waals surface area contributed by atoms with E-state index >= 15 is 0 Å². The standard InChI is InChI=1S/C44H53F3N6O5/c1-28-19-32(23-48-22-28)37-24-49-41(57-37)42(2,3)52-18-17-51(35(26-52)39(55)50-27-44(45,46)47)25-33(54)21-31(20-29-11-7-6-8-12-29)40(56)53-38-34-14-10-9-13-30(34)15-16-36(38)58-43(53,4)5/h6-14,19,22-24,31,33,35-36,38,54H,15-18,20-21,25-27H2,1-5H3,(H,50,55)/t31-,33+,35+,36-,38+/m1/s1. The van der Waals surface area contributed by atoms with Gasteiger partial charge in [-0.2, -0.15) is 13.2 Å². The molecule has 14 heteroatoms. The van der Waals surface area contributed by atoms with Gasteiger partial charge < -0.3 is 24.5 Å². The van der Waals surface area contributed by atoms with Gasteiger partial charge in [-0.3, -0.25) is 24.4 Å². The van der Waals surface area contributed by atoms with Crippen molar-refractivity contribution in [3.05, 3.63) is 107 Å². The number of fused-ring (bicyclic) bond motifs is 3. The number of ether oxygens (including phenoxy) is 1. The van der Waals surface area contributed by atoms with Gasteiger partial charge >= 0.3 is 6.18 Å². The molecule has 2 aliphatic heterocycles. The number of pyridine rings is 1. The minimum atomic E-state index is -4.61. The Balaban J connectivity index is 1.12. The van der Waals surface area contributed by atoms with Crippen LogP contribution >= 0.6 is 0 Å². The average molecular weight is 803 g/mol. The Morgan fingerprint density at radius 3 is 2.52 bits per heavy atom. The number of nitrogens with one attached hydrogen (secondary N) is 1. The lowest BCUT2D eigenvalue weighted by Gasteiger charge is -2.46. The number of hydrogen-bond donors (Lipinski definition) is 2. The predicted molar refractivity (Wildman–Crippen MR) is 211 cm³/mol. The van der Waals surface area contributed by atoms with E-state index in [1.54, 1.807) is 23.5 Å². The number of hydrogen-bond acceptors (Lipinski definition) is 9. The number of benzene rings is 2. The molecule has 0 unspecified atom stereocenters. The van der Waals surface area contributed by atoms with E-state index in [-0.39, 0.29) is 44.1 Å². The van der Waals surface area contributed by atoms with Crippen LogP contribution in [0.15, 0.2) is 83.7 Å². The van der Waals surface area contributed by atoms with E-state index in [1.165, 1.54) is 5.56 Å². The van der Waals surface area contributed by atoms with Gasteiger partial charge in [-0.1, -0.05) is 54.6 Å². The minimum absolute atomic E-state index is 0.0325. The van der Waals surface area contributed by atoms with Gasteiger partial charge in [-0.15, -0.1) is 0 Å². The van der Waals surface area contributed by atoms with Crippen LogP contribution in [-0.4, -0.2) is 104 Å². The number of aromatic nitrogens is 2. The number of aliphatic hydroxyl groups excluding tert-OH is 1. The lowest BCUT2D eigenvalue weighted by molar-refractivity contribution is -0.153. The van der Waals surface area contributed by atoms with Crippen molar-refractivity contribution >= 4 is 11.8 Å². The summed E-state index contributed by atoms with van der Waals surface area (Å²) in [7, 11) is 0. The van der Waals surface area contributed by atoms with Gasteiger partial charge in [0.15, 0.2) is 5.76 Å². The molecule has 2 aromatic heterocycles. The molecule has 1 aliphatic carbocycles. The van der Waals surface area contributed by atoms with Crippen LogP contribution in [-0.2, 0) is 32.7 Å². The third-order valence-electron chi connectivity index (χ3n) is 11.9. The van der Waals surface area contributed by atoms with Crippen molar-refractivity contribution in [1.82, 2.24) is 30.0 Å². The maximum atomic E-state index is 14.9. The Bertz CT molecular complexity index is 2070. The van der Waals surface area contributed by atoms with Crippen molar-refractivity contribution in [2.45, 2.75) is 102 Å². The van der Waals surface area contributed by atoms with Gasteiger partial charge in [0.05, 0.1) is 30.0 Å². The first-order chi connectivity index (χ1) is 27.5. The van der Waals surface area contributed by atoms with Crippen LogP contribution < -0.4 is 5.32 Å². The lowest BCUT2D eigenvalue weighted by Crippen LogP contribution is -2.63. The van der Waals surface area contributed by atoms with Gasteiger partial charge in [0.25, 0.3) is 0 Å². The summed E-state index contributed by atoms with van der Waals surface area (Å²) in [4.78, 5) is 42.9. The molecule has 58 heavy (non-hydrogen) atoms. The monoisotopic (exact) mass is 802 g/mol. The van der Waals surface area contributed by atoms with Crippen molar-refractivity contribution in [3.63, 3.8) is 0 Å². The smallest absolute Gasteiger partial charge is 0.405 e. The molecule has 4 aromatic rings. The SMILES string of the molecule is Cc1cncc(-c2cnc(C(C)(C)N3CCN(C[C@@H](O)C[C@@H](Cc4ccccc4)C(=O)N4[C@H]5c6ccccc6CC[C@H]5OC4(C)C)[C@H](C(=O)NCC(F)(F)F)C3)o2)c1. The Morgan fingerprint density at radius 1 is 1.03 bits per heavy atom. The molecule has 310 valence electrons. The highest BCUT2D eigenvalue weighted by atomic mass is 19.4. The second-order valence-corrected chi connectivity index (χ2v) is 16.9. The van der Waals surface area contributed by atoms with Gasteiger partial charge in [0.1, 0.15) is 18.3 Å². The molecule has 11 nitrogen and oxygen atoms in total. The minimum Gasteiger partial charge on any atom is -0.439 e. The molecule has 7 rings (SSSR count). The predicted octanol–water partition coefficient (Wildman–Crippen LogP) is 6.21. The molecule has 0 radical (unpaired) electrons. The summed E-state index contributed by atoms with van der Waals surface area (Å²) in [5.41, 5.74) is 3.13. The first kappa shape index (κ1) is 41.5. The Labute approximate surface area is 337 Å². The first-order valence-corrected chi connectivity index (χ1v) is 20.0. The molecule has 5 atom stereocenters. The molecule has 3 aliphatic rings. The van der Waals surface area contributed by atoms with Crippen LogP contribution in [0.3, 0.4) is 0 Å². The van der Waals surface area contributed by atoms with E-state index in [0.717, 1.165) is 35.1 Å². The van der Waals surface area contributed by atoms with E-state index in [0.29, 0.717) is 24.6 Å². The quantitative estimate of drug-likeness (QED) is 0.172. The van der Waals surface area contributed by atoms with E-state index < -0.39 is 48.0 Å². The number of halogens is 3. The second-order valence-electron chi connectivity index (χ2n) is 16.9. The summed E-state index contributed by atoms with van der Waals surface area (Å²) in [6.07, 6.45) is 1.22. The zero-order chi connectivity index (χ0) is 41.4.